The van der Waals surface area contributed by atoms with E-state index in [4.69, 9.17) is 0 Å². The van der Waals surface area contributed by atoms with Crippen LogP contribution in [-0.4, -0.2) is 0 Å². The smallest absolute Gasteiger partial charge is 0.0627 e. The van der Waals surface area contributed by atoms with Crippen molar-refractivity contribution in [3.8, 4) is 11.8 Å². The third-order valence-corrected chi connectivity index (χ3v) is 0.500. The molecule has 32 valence electrons. The Morgan fingerprint density at radius 3 is 2.50 bits per heavy atom. The molecule has 0 saturated carbocycles. The van der Waals surface area contributed by atoms with E-state index in [1.54, 1.807) is 0 Å². The predicted octanol–water partition coefficient (Wildman–Crippen LogP) is 1.62. The molecule has 0 unspecified atom stereocenters. The molecule has 0 radical (unpaired) electrons. The van der Waals surface area contributed by atoms with Gasteiger partial charge in [0.05, 0.1) is 13.3 Å². The standard InChI is InChI=1S/C6H9/c1-3-5-6-4-2/h1,4,6H2,2H3/q+1. The number of rotatable bonds is 1. The average Bonchev–Trinajstić information content (AvgIpc) is 1.61. The maximum atomic E-state index is 3.36. The molecule has 0 aromatic carbocycles. The van der Waals surface area contributed by atoms with E-state index in [0.717, 1.165) is 12.8 Å². The highest BCUT2D eigenvalue weighted by molar-refractivity contribution is 5.00. The summed E-state index contributed by atoms with van der Waals surface area (Å²) in [5, 5.41) is 0. The van der Waals surface area contributed by atoms with Crippen LogP contribution >= 0.6 is 0 Å². The quantitative estimate of drug-likeness (QED) is 0.332. The summed E-state index contributed by atoms with van der Waals surface area (Å²) in [5.41, 5.74) is 0. The highest BCUT2D eigenvalue weighted by atomic mass is 13.7. The van der Waals surface area contributed by atoms with E-state index in [9.17, 15) is 0 Å². The molecule has 0 aliphatic heterocycles. The third-order valence-electron chi connectivity index (χ3n) is 0.500. The Morgan fingerprint density at radius 1 is 1.67 bits per heavy atom. The summed E-state index contributed by atoms with van der Waals surface area (Å²) in [6.45, 7) is 5.46. The first-order valence-electron chi connectivity index (χ1n) is 2.16. The minimum Gasteiger partial charge on any atom is -0.0627 e. The van der Waals surface area contributed by atoms with Crippen molar-refractivity contribution in [1.29, 1.82) is 0 Å². The van der Waals surface area contributed by atoms with E-state index in [0.29, 0.717) is 0 Å². The maximum Gasteiger partial charge on any atom is 0.135 e. The van der Waals surface area contributed by atoms with Gasteiger partial charge in [-0.25, -0.2) is 0 Å². The van der Waals surface area contributed by atoms with E-state index >= 15 is 0 Å². The summed E-state index contributed by atoms with van der Waals surface area (Å²) in [7, 11) is 0. The van der Waals surface area contributed by atoms with Crippen LogP contribution in [0.1, 0.15) is 19.8 Å². The van der Waals surface area contributed by atoms with Crippen LogP contribution in [0.5, 0.6) is 0 Å². The van der Waals surface area contributed by atoms with Gasteiger partial charge in [0.25, 0.3) is 0 Å². The van der Waals surface area contributed by atoms with Gasteiger partial charge >= 0.3 is 0 Å². The number of hydrogen-bond acceptors (Lipinski definition) is 0. The Bertz CT molecular complexity index is 61.8. The molecule has 0 bridgehead atoms. The Morgan fingerprint density at radius 2 is 2.33 bits per heavy atom. The zero-order valence-corrected chi connectivity index (χ0v) is 4.12. The van der Waals surface area contributed by atoms with Gasteiger partial charge in [0.1, 0.15) is 11.8 Å². The molecule has 0 aromatic rings. The highest BCUT2D eigenvalue weighted by Gasteiger charge is 1.73. The van der Waals surface area contributed by atoms with Gasteiger partial charge < -0.3 is 0 Å². The molecule has 0 N–H and O–H groups in total. The first-order chi connectivity index (χ1) is 2.91. The molecule has 0 atom stereocenters. The fourth-order valence-corrected chi connectivity index (χ4v) is 0.213. The third kappa shape index (κ3) is 3.43. The lowest BCUT2D eigenvalue weighted by atomic mass is 10.3. The fourth-order valence-electron chi connectivity index (χ4n) is 0.213. The molecule has 6 heavy (non-hydrogen) atoms. The van der Waals surface area contributed by atoms with Crippen LogP contribution in [0.15, 0.2) is 0 Å². The zero-order chi connectivity index (χ0) is 4.83. The molecule has 0 spiro atoms. The summed E-state index contributed by atoms with van der Waals surface area (Å²) in [5.74, 6) is 5.41. The molecule has 0 nitrogen and oxygen atoms in total. The van der Waals surface area contributed by atoms with Gasteiger partial charge in [0, 0.05) is 0 Å². The first-order valence-corrected chi connectivity index (χ1v) is 2.16. The minimum absolute atomic E-state index is 0.990. The van der Waals surface area contributed by atoms with Gasteiger partial charge in [-0.2, -0.15) is 0 Å². The average molecular weight is 81.1 g/mol. The monoisotopic (exact) mass is 81.1 g/mol. The second kappa shape index (κ2) is 4.43. The molecule has 0 saturated heterocycles. The van der Waals surface area contributed by atoms with Gasteiger partial charge in [-0.1, -0.05) is 6.92 Å². The van der Waals surface area contributed by atoms with Crippen molar-refractivity contribution in [2.45, 2.75) is 19.8 Å². The molecule has 0 aliphatic carbocycles. The van der Waals surface area contributed by atoms with E-state index in [-0.39, 0.29) is 0 Å². The van der Waals surface area contributed by atoms with Crippen molar-refractivity contribution in [2.24, 2.45) is 0 Å². The van der Waals surface area contributed by atoms with E-state index in [1.165, 1.54) is 0 Å². The Hall–Kier alpha value is -0.570. The normalized spacial score (nSPS) is 6.17. The van der Waals surface area contributed by atoms with Crippen LogP contribution in [0.4, 0.5) is 0 Å². The SMILES string of the molecule is [CH2+]C#CCCC. The van der Waals surface area contributed by atoms with Gasteiger partial charge in [-0.15, -0.1) is 0 Å². The molecule has 0 rings (SSSR count). The summed E-state index contributed by atoms with van der Waals surface area (Å²) < 4.78 is 0. The van der Waals surface area contributed by atoms with Crippen molar-refractivity contribution in [3.63, 3.8) is 0 Å². The number of hydrogen-bond donors (Lipinski definition) is 0. The van der Waals surface area contributed by atoms with Crippen LogP contribution in [0.25, 0.3) is 0 Å². The summed E-state index contributed by atoms with van der Waals surface area (Å²) >= 11 is 0. The van der Waals surface area contributed by atoms with Crippen LogP contribution in [0.3, 0.4) is 0 Å². The first kappa shape index (κ1) is 5.43. The summed E-state index contributed by atoms with van der Waals surface area (Å²) in [6, 6.07) is 0. The largest absolute Gasteiger partial charge is 0.135 e. The lowest BCUT2D eigenvalue weighted by Crippen LogP contribution is -1.56. The van der Waals surface area contributed by atoms with E-state index in [1.807, 2.05) is 0 Å². The van der Waals surface area contributed by atoms with Crippen molar-refractivity contribution in [3.05, 3.63) is 6.92 Å². The van der Waals surface area contributed by atoms with Gasteiger partial charge in [-0.05, 0) is 6.42 Å². The summed E-state index contributed by atoms with van der Waals surface area (Å²) in [4.78, 5) is 0. The second-order valence-corrected chi connectivity index (χ2v) is 1.10. The maximum absolute atomic E-state index is 3.36. The highest BCUT2D eigenvalue weighted by Crippen LogP contribution is 1.78. The lowest BCUT2D eigenvalue weighted by molar-refractivity contribution is 0.983. The molecule has 0 fully saturated rings. The molecule has 0 heterocycles. The van der Waals surface area contributed by atoms with Gasteiger partial charge in [0.2, 0.25) is 0 Å². The Kier molecular flexibility index (Phi) is 4.01. The molecular weight excluding hydrogens is 72.1 g/mol. The van der Waals surface area contributed by atoms with Crippen molar-refractivity contribution in [1.82, 2.24) is 0 Å². The van der Waals surface area contributed by atoms with Crippen LogP contribution in [0.2, 0.25) is 0 Å². The second-order valence-electron chi connectivity index (χ2n) is 1.10. The van der Waals surface area contributed by atoms with Crippen molar-refractivity contribution >= 4 is 0 Å². The van der Waals surface area contributed by atoms with Gasteiger partial charge in [0.15, 0.2) is 0 Å². The lowest BCUT2D eigenvalue weighted by Gasteiger charge is -1.63. The van der Waals surface area contributed by atoms with E-state index in [2.05, 4.69) is 25.7 Å². The molecule has 0 aliphatic rings. The Balaban J connectivity index is 2.79. The summed E-state index contributed by atoms with van der Waals surface area (Å²) in [6.07, 6.45) is 2.13. The van der Waals surface area contributed by atoms with Crippen LogP contribution in [0, 0.1) is 18.8 Å². The number of unbranched alkanes of at least 4 members (excludes halogenated alkanes) is 1. The Labute approximate surface area is 39.6 Å². The zero-order valence-electron chi connectivity index (χ0n) is 4.12. The molecular formula is C6H9+. The van der Waals surface area contributed by atoms with Crippen molar-refractivity contribution < 1.29 is 0 Å². The predicted molar refractivity (Wildman–Crippen MR) is 28.0 cm³/mol. The van der Waals surface area contributed by atoms with E-state index < -0.39 is 0 Å². The van der Waals surface area contributed by atoms with Crippen LogP contribution < -0.4 is 0 Å². The fraction of sp³-hybridized carbons (Fsp3) is 0.500. The van der Waals surface area contributed by atoms with Crippen molar-refractivity contribution in [2.75, 3.05) is 0 Å². The molecule has 0 aromatic heterocycles. The van der Waals surface area contributed by atoms with Gasteiger partial charge in [-0.3, -0.25) is 0 Å². The molecule has 0 amide bonds. The topological polar surface area (TPSA) is 0 Å². The van der Waals surface area contributed by atoms with Crippen LogP contribution in [-0.2, 0) is 0 Å². The minimum atomic E-state index is 0.990. The molecule has 0 heteroatoms.